The van der Waals surface area contributed by atoms with Crippen LogP contribution >= 0.6 is 11.8 Å². The fourth-order valence-corrected chi connectivity index (χ4v) is 2.96. The van der Waals surface area contributed by atoms with Crippen molar-refractivity contribution < 1.29 is 0 Å². The number of hydrogen-bond acceptors (Lipinski definition) is 1. The monoisotopic (exact) mass is 158 g/mol. The second-order valence-corrected chi connectivity index (χ2v) is 5.05. The molecule has 1 rings (SSSR count). The van der Waals surface area contributed by atoms with Gasteiger partial charge < -0.3 is 0 Å². The molecule has 0 spiro atoms. The highest BCUT2D eigenvalue weighted by molar-refractivity contribution is 7.99. The first kappa shape index (κ1) is 8.45. The summed E-state index contributed by atoms with van der Waals surface area (Å²) in [6.45, 7) is 7.12. The van der Waals surface area contributed by atoms with Crippen molar-refractivity contribution >= 4 is 11.8 Å². The molecule has 1 heteroatoms. The van der Waals surface area contributed by atoms with E-state index in [4.69, 9.17) is 0 Å². The van der Waals surface area contributed by atoms with Crippen LogP contribution in [0.5, 0.6) is 0 Å². The minimum Gasteiger partial charge on any atom is -0.162 e. The minimum absolute atomic E-state index is 0.601. The average Bonchev–Trinajstić information content (AvgIpc) is 2.38. The number of hydrogen-bond donors (Lipinski definition) is 0. The van der Waals surface area contributed by atoms with Gasteiger partial charge in [-0.1, -0.05) is 27.2 Å². The van der Waals surface area contributed by atoms with Crippen molar-refractivity contribution in [3.8, 4) is 0 Å². The topological polar surface area (TPSA) is 0 Å². The van der Waals surface area contributed by atoms with E-state index in [1.807, 2.05) is 0 Å². The van der Waals surface area contributed by atoms with E-state index in [0.29, 0.717) is 5.41 Å². The lowest BCUT2D eigenvalue weighted by Gasteiger charge is -2.29. The van der Waals surface area contributed by atoms with Crippen LogP contribution in [0.2, 0.25) is 0 Å². The van der Waals surface area contributed by atoms with E-state index >= 15 is 0 Å². The fourth-order valence-electron chi connectivity index (χ4n) is 1.44. The molecule has 0 nitrogen and oxygen atoms in total. The van der Waals surface area contributed by atoms with Crippen LogP contribution in [0.1, 0.15) is 33.6 Å². The summed E-state index contributed by atoms with van der Waals surface area (Å²) in [5.41, 5.74) is 0.601. The summed E-state index contributed by atoms with van der Waals surface area (Å²) < 4.78 is 0. The quantitative estimate of drug-likeness (QED) is 0.595. The highest BCUT2D eigenvalue weighted by Gasteiger charge is 2.30. The molecule has 0 aromatic heterocycles. The van der Waals surface area contributed by atoms with Gasteiger partial charge in [0.2, 0.25) is 0 Å². The SMILES string of the molecule is CCC(C)(C)C1CCSC1. The van der Waals surface area contributed by atoms with Crippen molar-refractivity contribution in [2.24, 2.45) is 11.3 Å². The third kappa shape index (κ3) is 1.69. The van der Waals surface area contributed by atoms with Crippen LogP contribution in [0, 0.1) is 11.3 Å². The van der Waals surface area contributed by atoms with Crippen LogP contribution in [0.25, 0.3) is 0 Å². The highest BCUT2D eigenvalue weighted by atomic mass is 32.2. The molecule has 1 unspecified atom stereocenters. The summed E-state index contributed by atoms with van der Waals surface area (Å²) in [5, 5.41) is 0. The summed E-state index contributed by atoms with van der Waals surface area (Å²) in [6.07, 6.45) is 2.78. The Morgan fingerprint density at radius 3 is 2.60 bits per heavy atom. The predicted octanol–water partition coefficient (Wildman–Crippen LogP) is 3.18. The molecule has 1 atom stereocenters. The Balaban J connectivity index is 2.45. The maximum Gasteiger partial charge on any atom is -0.00337 e. The third-order valence-corrected chi connectivity index (χ3v) is 4.11. The smallest absolute Gasteiger partial charge is 0.00337 e. The van der Waals surface area contributed by atoms with Crippen LogP contribution in [0.15, 0.2) is 0 Å². The van der Waals surface area contributed by atoms with Crippen LogP contribution in [-0.4, -0.2) is 11.5 Å². The van der Waals surface area contributed by atoms with Gasteiger partial charge in [0.25, 0.3) is 0 Å². The number of rotatable bonds is 2. The Hall–Kier alpha value is 0.350. The van der Waals surface area contributed by atoms with Crippen LogP contribution in [-0.2, 0) is 0 Å². The second kappa shape index (κ2) is 3.17. The molecule has 1 saturated heterocycles. The van der Waals surface area contributed by atoms with Gasteiger partial charge in [-0.25, -0.2) is 0 Å². The Morgan fingerprint density at radius 1 is 1.50 bits per heavy atom. The van der Waals surface area contributed by atoms with Gasteiger partial charge in [0.05, 0.1) is 0 Å². The van der Waals surface area contributed by atoms with Crippen molar-refractivity contribution in [2.75, 3.05) is 11.5 Å². The van der Waals surface area contributed by atoms with Crippen molar-refractivity contribution in [3.05, 3.63) is 0 Å². The van der Waals surface area contributed by atoms with E-state index in [0.717, 1.165) is 5.92 Å². The Labute approximate surface area is 68.8 Å². The molecule has 1 heterocycles. The molecule has 0 aromatic carbocycles. The first-order valence-electron chi connectivity index (χ1n) is 4.24. The molecule has 1 aliphatic rings. The minimum atomic E-state index is 0.601. The Bertz CT molecular complexity index is 101. The normalized spacial score (nSPS) is 27.3. The van der Waals surface area contributed by atoms with E-state index in [1.165, 1.54) is 24.3 Å². The maximum absolute atomic E-state index is 2.41. The van der Waals surface area contributed by atoms with Gasteiger partial charge in [0.15, 0.2) is 0 Å². The van der Waals surface area contributed by atoms with Crippen LogP contribution in [0.4, 0.5) is 0 Å². The molecule has 0 aromatic rings. The molecule has 1 fully saturated rings. The van der Waals surface area contributed by atoms with Gasteiger partial charge in [0.1, 0.15) is 0 Å². The largest absolute Gasteiger partial charge is 0.162 e. The number of thioether (sulfide) groups is 1. The maximum atomic E-state index is 2.41. The van der Waals surface area contributed by atoms with Crippen LogP contribution in [0.3, 0.4) is 0 Å². The van der Waals surface area contributed by atoms with Crippen molar-refractivity contribution in [3.63, 3.8) is 0 Å². The van der Waals surface area contributed by atoms with Gasteiger partial charge in [-0.3, -0.25) is 0 Å². The molecule has 0 saturated carbocycles. The van der Waals surface area contributed by atoms with Gasteiger partial charge in [-0.2, -0.15) is 11.8 Å². The van der Waals surface area contributed by atoms with Gasteiger partial charge in [-0.15, -0.1) is 0 Å². The van der Waals surface area contributed by atoms with E-state index in [-0.39, 0.29) is 0 Å². The zero-order valence-corrected chi connectivity index (χ0v) is 8.13. The standard InChI is InChI=1S/C9H18S/c1-4-9(2,3)8-5-6-10-7-8/h8H,4-7H2,1-3H3. The van der Waals surface area contributed by atoms with E-state index in [2.05, 4.69) is 32.5 Å². The summed E-state index contributed by atoms with van der Waals surface area (Å²) >= 11 is 2.12. The molecule has 0 bridgehead atoms. The molecule has 0 radical (unpaired) electrons. The Kier molecular flexibility index (Phi) is 2.67. The van der Waals surface area contributed by atoms with Crippen molar-refractivity contribution in [2.45, 2.75) is 33.6 Å². The second-order valence-electron chi connectivity index (χ2n) is 3.90. The zero-order valence-electron chi connectivity index (χ0n) is 7.31. The lowest BCUT2D eigenvalue weighted by molar-refractivity contribution is 0.227. The molecule has 0 amide bonds. The van der Waals surface area contributed by atoms with Crippen molar-refractivity contribution in [1.82, 2.24) is 0 Å². The predicted molar refractivity (Wildman–Crippen MR) is 49.5 cm³/mol. The van der Waals surface area contributed by atoms with Crippen molar-refractivity contribution in [1.29, 1.82) is 0 Å². The lowest BCUT2D eigenvalue weighted by Crippen LogP contribution is -2.22. The molecular weight excluding hydrogens is 140 g/mol. The first-order valence-corrected chi connectivity index (χ1v) is 5.40. The lowest BCUT2D eigenvalue weighted by atomic mass is 9.76. The van der Waals surface area contributed by atoms with Gasteiger partial charge >= 0.3 is 0 Å². The van der Waals surface area contributed by atoms with Crippen LogP contribution < -0.4 is 0 Å². The molecule has 10 heavy (non-hydrogen) atoms. The Morgan fingerprint density at radius 2 is 2.20 bits per heavy atom. The fraction of sp³-hybridized carbons (Fsp3) is 1.00. The molecule has 0 aliphatic carbocycles. The average molecular weight is 158 g/mol. The zero-order chi connectivity index (χ0) is 7.61. The van der Waals surface area contributed by atoms with E-state index < -0.39 is 0 Å². The van der Waals surface area contributed by atoms with E-state index in [1.54, 1.807) is 0 Å². The first-order chi connectivity index (χ1) is 4.67. The summed E-state index contributed by atoms with van der Waals surface area (Å²) in [6, 6.07) is 0. The molecule has 60 valence electrons. The summed E-state index contributed by atoms with van der Waals surface area (Å²) in [5.74, 6) is 3.79. The molecule has 1 aliphatic heterocycles. The van der Waals surface area contributed by atoms with Gasteiger partial charge in [-0.05, 0) is 29.3 Å². The third-order valence-electron chi connectivity index (χ3n) is 2.95. The molecule has 0 N–H and O–H groups in total. The summed E-state index contributed by atoms with van der Waals surface area (Å²) in [4.78, 5) is 0. The van der Waals surface area contributed by atoms with Gasteiger partial charge in [0, 0.05) is 0 Å². The summed E-state index contributed by atoms with van der Waals surface area (Å²) in [7, 11) is 0. The molecular formula is C9H18S. The highest BCUT2D eigenvalue weighted by Crippen LogP contribution is 2.39. The van der Waals surface area contributed by atoms with E-state index in [9.17, 15) is 0 Å².